The second-order valence-electron chi connectivity index (χ2n) is 4.23. The fourth-order valence-electron chi connectivity index (χ4n) is 1.98. The lowest BCUT2D eigenvalue weighted by molar-refractivity contribution is 0.0600. The number of nitrogens with zero attached hydrogens (tertiary/aromatic N) is 2. The normalized spacial score (nSPS) is 19.9. The lowest BCUT2D eigenvalue weighted by atomic mass is 10.2. The Bertz CT molecular complexity index is 392. The van der Waals surface area contributed by atoms with Crippen LogP contribution in [0.3, 0.4) is 0 Å². The first-order valence-corrected chi connectivity index (χ1v) is 5.50. The Morgan fingerprint density at radius 1 is 1.62 bits per heavy atom. The SMILES string of the molecule is COC(=O)c1ccnc(N2CCC(C)C2)c1. The van der Waals surface area contributed by atoms with Gasteiger partial charge in [-0.15, -0.1) is 0 Å². The number of hydrogen-bond donors (Lipinski definition) is 0. The van der Waals surface area contributed by atoms with Gasteiger partial charge in [0.25, 0.3) is 0 Å². The molecule has 2 heterocycles. The number of carbonyl (C=O) groups excluding carboxylic acids is 1. The van der Waals surface area contributed by atoms with Gasteiger partial charge in [0.2, 0.25) is 0 Å². The van der Waals surface area contributed by atoms with E-state index < -0.39 is 0 Å². The van der Waals surface area contributed by atoms with Crippen LogP contribution in [-0.4, -0.2) is 31.2 Å². The zero-order chi connectivity index (χ0) is 11.5. The number of rotatable bonds is 2. The van der Waals surface area contributed by atoms with E-state index in [1.165, 1.54) is 13.5 Å². The molecule has 0 radical (unpaired) electrons. The molecule has 0 amide bonds. The molecule has 0 N–H and O–H groups in total. The predicted molar refractivity (Wildman–Crippen MR) is 61.6 cm³/mol. The first-order chi connectivity index (χ1) is 7.70. The molecule has 1 atom stereocenters. The summed E-state index contributed by atoms with van der Waals surface area (Å²) in [5.41, 5.74) is 0.562. The maximum atomic E-state index is 11.4. The van der Waals surface area contributed by atoms with Gasteiger partial charge in [0.1, 0.15) is 5.82 Å². The van der Waals surface area contributed by atoms with E-state index in [1.807, 2.05) is 0 Å². The monoisotopic (exact) mass is 220 g/mol. The quantitative estimate of drug-likeness (QED) is 0.712. The van der Waals surface area contributed by atoms with Gasteiger partial charge in [-0.2, -0.15) is 0 Å². The fraction of sp³-hybridized carbons (Fsp3) is 0.500. The summed E-state index contributed by atoms with van der Waals surface area (Å²) in [6.07, 6.45) is 2.84. The van der Waals surface area contributed by atoms with Gasteiger partial charge in [-0.3, -0.25) is 0 Å². The van der Waals surface area contributed by atoms with Crippen LogP contribution in [0.25, 0.3) is 0 Å². The van der Waals surface area contributed by atoms with Gasteiger partial charge in [0.15, 0.2) is 0 Å². The van der Waals surface area contributed by atoms with Crippen molar-refractivity contribution >= 4 is 11.8 Å². The summed E-state index contributed by atoms with van der Waals surface area (Å²) in [6.45, 7) is 4.25. The Morgan fingerprint density at radius 2 is 2.44 bits per heavy atom. The lowest BCUT2D eigenvalue weighted by Crippen LogP contribution is -2.20. The van der Waals surface area contributed by atoms with Crippen molar-refractivity contribution in [3.05, 3.63) is 23.9 Å². The van der Waals surface area contributed by atoms with E-state index in [9.17, 15) is 4.79 Å². The molecule has 0 saturated carbocycles. The molecule has 1 aliphatic rings. The fourth-order valence-corrected chi connectivity index (χ4v) is 1.98. The summed E-state index contributed by atoms with van der Waals surface area (Å²) in [6, 6.07) is 3.47. The van der Waals surface area contributed by atoms with Gasteiger partial charge in [0.05, 0.1) is 12.7 Å². The largest absolute Gasteiger partial charge is 0.465 e. The van der Waals surface area contributed by atoms with Crippen LogP contribution in [0.5, 0.6) is 0 Å². The molecular formula is C12H16N2O2. The van der Waals surface area contributed by atoms with Crippen LogP contribution in [-0.2, 0) is 4.74 Å². The highest BCUT2D eigenvalue weighted by Crippen LogP contribution is 2.22. The van der Waals surface area contributed by atoms with Crippen molar-refractivity contribution in [1.29, 1.82) is 0 Å². The molecule has 1 fully saturated rings. The van der Waals surface area contributed by atoms with E-state index >= 15 is 0 Å². The standard InChI is InChI=1S/C12H16N2O2/c1-9-4-6-14(8-9)11-7-10(3-5-13-11)12(15)16-2/h3,5,7,9H,4,6,8H2,1-2H3. The van der Waals surface area contributed by atoms with Crippen molar-refractivity contribution < 1.29 is 9.53 Å². The zero-order valence-corrected chi connectivity index (χ0v) is 9.64. The minimum absolute atomic E-state index is 0.309. The molecule has 0 spiro atoms. The van der Waals surface area contributed by atoms with Crippen LogP contribution in [0, 0.1) is 5.92 Å². The summed E-state index contributed by atoms with van der Waals surface area (Å²) in [4.78, 5) is 17.9. The highest BCUT2D eigenvalue weighted by atomic mass is 16.5. The Morgan fingerprint density at radius 3 is 3.06 bits per heavy atom. The second kappa shape index (κ2) is 4.51. The molecule has 1 aromatic rings. The number of methoxy groups -OCH3 is 1. The lowest BCUT2D eigenvalue weighted by Gasteiger charge is -2.17. The molecule has 0 bridgehead atoms. The van der Waals surface area contributed by atoms with Crippen molar-refractivity contribution in [3.8, 4) is 0 Å². The van der Waals surface area contributed by atoms with E-state index in [1.54, 1.807) is 18.3 Å². The van der Waals surface area contributed by atoms with Gasteiger partial charge in [-0.1, -0.05) is 6.92 Å². The Labute approximate surface area is 95.2 Å². The molecule has 0 aliphatic carbocycles. The van der Waals surface area contributed by atoms with Crippen molar-refractivity contribution in [3.63, 3.8) is 0 Å². The highest BCUT2D eigenvalue weighted by molar-refractivity contribution is 5.90. The first-order valence-electron chi connectivity index (χ1n) is 5.50. The van der Waals surface area contributed by atoms with Crippen LogP contribution >= 0.6 is 0 Å². The number of esters is 1. The zero-order valence-electron chi connectivity index (χ0n) is 9.64. The van der Waals surface area contributed by atoms with Crippen molar-refractivity contribution in [1.82, 2.24) is 4.98 Å². The molecule has 1 aliphatic heterocycles. The van der Waals surface area contributed by atoms with Crippen molar-refractivity contribution in [2.24, 2.45) is 5.92 Å². The second-order valence-corrected chi connectivity index (χ2v) is 4.23. The minimum atomic E-state index is -0.309. The predicted octanol–water partition coefficient (Wildman–Crippen LogP) is 1.71. The smallest absolute Gasteiger partial charge is 0.338 e. The highest BCUT2D eigenvalue weighted by Gasteiger charge is 2.20. The minimum Gasteiger partial charge on any atom is -0.465 e. The molecule has 1 saturated heterocycles. The van der Waals surface area contributed by atoms with Gasteiger partial charge in [-0.05, 0) is 24.5 Å². The number of carbonyl (C=O) groups is 1. The average molecular weight is 220 g/mol. The van der Waals surface area contributed by atoms with E-state index in [-0.39, 0.29) is 5.97 Å². The van der Waals surface area contributed by atoms with Gasteiger partial charge >= 0.3 is 5.97 Å². The van der Waals surface area contributed by atoms with Crippen LogP contribution < -0.4 is 4.90 Å². The third-order valence-corrected chi connectivity index (χ3v) is 2.91. The number of anilines is 1. The van der Waals surface area contributed by atoms with E-state index in [0.717, 1.165) is 18.9 Å². The van der Waals surface area contributed by atoms with Gasteiger partial charge < -0.3 is 9.64 Å². The molecule has 86 valence electrons. The third-order valence-electron chi connectivity index (χ3n) is 2.91. The van der Waals surface area contributed by atoms with Crippen LogP contribution in [0.15, 0.2) is 18.3 Å². The first kappa shape index (κ1) is 10.9. The molecule has 16 heavy (non-hydrogen) atoms. The van der Waals surface area contributed by atoms with Crippen LogP contribution in [0.1, 0.15) is 23.7 Å². The molecule has 4 heteroatoms. The van der Waals surface area contributed by atoms with E-state index in [4.69, 9.17) is 0 Å². The van der Waals surface area contributed by atoms with E-state index in [2.05, 4.69) is 21.5 Å². The summed E-state index contributed by atoms with van der Waals surface area (Å²) in [5.74, 6) is 1.26. The number of ether oxygens (including phenoxy) is 1. The van der Waals surface area contributed by atoms with E-state index in [0.29, 0.717) is 11.5 Å². The Hall–Kier alpha value is -1.58. The van der Waals surface area contributed by atoms with Crippen LogP contribution in [0.2, 0.25) is 0 Å². The molecular weight excluding hydrogens is 204 g/mol. The van der Waals surface area contributed by atoms with Crippen molar-refractivity contribution in [2.75, 3.05) is 25.1 Å². The number of pyridine rings is 1. The maximum absolute atomic E-state index is 11.4. The summed E-state index contributed by atoms with van der Waals surface area (Å²) in [5, 5.41) is 0. The molecule has 0 aromatic carbocycles. The molecule has 1 aromatic heterocycles. The summed E-state index contributed by atoms with van der Waals surface area (Å²) in [7, 11) is 1.39. The third kappa shape index (κ3) is 2.15. The summed E-state index contributed by atoms with van der Waals surface area (Å²) >= 11 is 0. The van der Waals surface area contributed by atoms with Crippen LogP contribution in [0.4, 0.5) is 5.82 Å². The Kier molecular flexibility index (Phi) is 3.08. The van der Waals surface area contributed by atoms with Gasteiger partial charge in [0, 0.05) is 19.3 Å². The topological polar surface area (TPSA) is 42.4 Å². The van der Waals surface area contributed by atoms with Crippen molar-refractivity contribution in [2.45, 2.75) is 13.3 Å². The maximum Gasteiger partial charge on any atom is 0.338 e. The molecule has 2 rings (SSSR count). The summed E-state index contributed by atoms with van der Waals surface area (Å²) < 4.78 is 4.69. The number of hydrogen-bond acceptors (Lipinski definition) is 4. The van der Waals surface area contributed by atoms with Gasteiger partial charge in [-0.25, -0.2) is 9.78 Å². The number of aromatic nitrogens is 1. The molecule has 1 unspecified atom stereocenters. The Balaban J connectivity index is 2.19. The average Bonchev–Trinajstić information content (AvgIpc) is 2.75. The molecule has 4 nitrogen and oxygen atoms in total.